The van der Waals surface area contributed by atoms with E-state index in [2.05, 4.69) is 4.98 Å². The van der Waals surface area contributed by atoms with Crippen LogP contribution in [0.3, 0.4) is 0 Å². The maximum Gasteiger partial charge on any atom is 0.217 e. The molecule has 0 radical (unpaired) electrons. The van der Waals surface area contributed by atoms with Gasteiger partial charge in [-0.1, -0.05) is 12.1 Å². The van der Waals surface area contributed by atoms with E-state index in [4.69, 9.17) is 11.6 Å². The van der Waals surface area contributed by atoms with Crippen molar-refractivity contribution in [1.29, 1.82) is 0 Å². The van der Waals surface area contributed by atoms with E-state index >= 15 is 0 Å². The second kappa shape index (κ2) is 4.58. The number of pyridine rings is 1. The SMILES string of the molecule is Fc1cccc(-c2cnc(F)c(CCl)c2)c1. The number of halogens is 3. The van der Waals surface area contributed by atoms with Crippen LogP contribution in [0.4, 0.5) is 8.78 Å². The van der Waals surface area contributed by atoms with Crippen LogP contribution < -0.4 is 0 Å². The molecular weight excluding hydrogens is 232 g/mol. The predicted octanol–water partition coefficient (Wildman–Crippen LogP) is 3.77. The van der Waals surface area contributed by atoms with Crippen molar-refractivity contribution < 1.29 is 8.78 Å². The fraction of sp³-hybridized carbons (Fsp3) is 0.0833. The molecule has 0 spiro atoms. The first-order valence-electron chi connectivity index (χ1n) is 4.67. The van der Waals surface area contributed by atoms with Crippen LogP contribution in [0.5, 0.6) is 0 Å². The summed E-state index contributed by atoms with van der Waals surface area (Å²) < 4.78 is 26.1. The van der Waals surface area contributed by atoms with Crippen molar-refractivity contribution >= 4 is 11.6 Å². The Morgan fingerprint density at radius 2 is 1.94 bits per heavy atom. The van der Waals surface area contributed by atoms with Crippen LogP contribution >= 0.6 is 11.6 Å². The second-order valence-electron chi connectivity index (χ2n) is 3.32. The number of hydrogen-bond donors (Lipinski definition) is 0. The van der Waals surface area contributed by atoms with Crippen molar-refractivity contribution in [3.05, 3.63) is 53.9 Å². The molecule has 0 fully saturated rings. The first-order chi connectivity index (χ1) is 7.70. The van der Waals surface area contributed by atoms with Gasteiger partial charge in [-0.15, -0.1) is 11.6 Å². The van der Waals surface area contributed by atoms with Gasteiger partial charge in [0.25, 0.3) is 0 Å². The molecule has 2 rings (SSSR count). The van der Waals surface area contributed by atoms with Gasteiger partial charge in [-0.3, -0.25) is 0 Å². The van der Waals surface area contributed by atoms with Crippen molar-refractivity contribution in [2.24, 2.45) is 0 Å². The fourth-order valence-corrected chi connectivity index (χ4v) is 1.60. The van der Waals surface area contributed by atoms with Crippen LogP contribution in [0.15, 0.2) is 36.5 Å². The van der Waals surface area contributed by atoms with Crippen molar-refractivity contribution in [2.45, 2.75) is 5.88 Å². The van der Waals surface area contributed by atoms with Crippen molar-refractivity contribution in [1.82, 2.24) is 4.98 Å². The third-order valence-corrected chi connectivity index (χ3v) is 2.50. The van der Waals surface area contributed by atoms with E-state index < -0.39 is 5.95 Å². The van der Waals surface area contributed by atoms with E-state index in [-0.39, 0.29) is 11.7 Å². The lowest BCUT2D eigenvalue weighted by Crippen LogP contribution is -1.92. The number of benzene rings is 1. The molecule has 16 heavy (non-hydrogen) atoms. The summed E-state index contributed by atoms with van der Waals surface area (Å²) in [4.78, 5) is 3.58. The number of nitrogens with zero attached hydrogens (tertiary/aromatic N) is 1. The molecule has 0 unspecified atom stereocenters. The Bertz CT molecular complexity index is 514. The standard InChI is InChI=1S/C12H8ClF2N/c13-6-9-4-10(7-16-12(9)15)8-2-1-3-11(14)5-8/h1-5,7H,6H2. The number of hydrogen-bond acceptors (Lipinski definition) is 1. The Balaban J connectivity index is 2.48. The van der Waals surface area contributed by atoms with Gasteiger partial charge in [-0.25, -0.2) is 9.37 Å². The molecule has 4 heteroatoms. The first kappa shape index (κ1) is 11.0. The summed E-state index contributed by atoms with van der Waals surface area (Å²) in [5.74, 6) is -0.883. The highest BCUT2D eigenvalue weighted by atomic mass is 35.5. The third kappa shape index (κ3) is 2.19. The monoisotopic (exact) mass is 239 g/mol. The summed E-state index contributed by atoms with van der Waals surface area (Å²) in [5, 5.41) is 0. The Kier molecular flexibility index (Phi) is 3.15. The minimum atomic E-state index is -0.588. The van der Waals surface area contributed by atoms with Crippen molar-refractivity contribution in [3.8, 4) is 11.1 Å². The van der Waals surface area contributed by atoms with Crippen LogP contribution in [-0.2, 0) is 5.88 Å². The summed E-state index contributed by atoms with van der Waals surface area (Å²) in [6, 6.07) is 7.62. The Morgan fingerprint density at radius 1 is 1.12 bits per heavy atom. The van der Waals surface area contributed by atoms with E-state index in [1.165, 1.54) is 18.3 Å². The highest BCUT2D eigenvalue weighted by Crippen LogP contribution is 2.22. The molecule has 0 aliphatic carbocycles. The van der Waals surface area contributed by atoms with Crippen molar-refractivity contribution in [3.63, 3.8) is 0 Å². The molecule has 2 aromatic rings. The summed E-state index contributed by atoms with van der Waals surface area (Å²) in [6.07, 6.45) is 1.36. The number of rotatable bonds is 2. The highest BCUT2D eigenvalue weighted by molar-refractivity contribution is 6.17. The van der Waals surface area contributed by atoms with Crippen LogP contribution in [0.1, 0.15) is 5.56 Å². The van der Waals surface area contributed by atoms with E-state index in [1.54, 1.807) is 18.2 Å². The largest absolute Gasteiger partial charge is 0.227 e. The Hall–Kier alpha value is -1.48. The Morgan fingerprint density at radius 3 is 2.62 bits per heavy atom. The fourth-order valence-electron chi connectivity index (χ4n) is 1.41. The van der Waals surface area contributed by atoms with E-state index in [1.807, 2.05) is 0 Å². The summed E-state index contributed by atoms with van der Waals surface area (Å²) >= 11 is 5.57. The average Bonchev–Trinajstić information content (AvgIpc) is 2.29. The molecule has 82 valence electrons. The van der Waals surface area contributed by atoms with Gasteiger partial charge in [0.05, 0.1) is 5.88 Å². The van der Waals surface area contributed by atoms with Gasteiger partial charge in [-0.2, -0.15) is 4.39 Å². The molecule has 0 amide bonds. The lowest BCUT2D eigenvalue weighted by atomic mass is 10.1. The van der Waals surface area contributed by atoms with Crippen LogP contribution in [-0.4, -0.2) is 4.98 Å². The smallest absolute Gasteiger partial charge is 0.217 e. The maximum atomic E-state index is 13.1. The summed E-state index contributed by atoms with van der Waals surface area (Å²) in [7, 11) is 0. The predicted molar refractivity (Wildman–Crippen MR) is 59.1 cm³/mol. The highest BCUT2D eigenvalue weighted by Gasteiger charge is 2.06. The normalized spacial score (nSPS) is 10.4. The number of aromatic nitrogens is 1. The maximum absolute atomic E-state index is 13.1. The van der Waals surface area contributed by atoms with E-state index in [0.717, 1.165) is 0 Å². The van der Waals surface area contributed by atoms with E-state index in [0.29, 0.717) is 16.7 Å². The first-order valence-corrected chi connectivity index (χ1v) is 5.20. The topological polar surface area (TPSA) is 12.9 Å². The molecule has 0 N–H and O–H groups in total. The molecule has 0 aliphatic heterocycles. The third-order valence-electron chi connectivity index (χ3n) is 2.21. The molecule has 0 bridgehead atoms. The zero-order valence-corrected chi connectivity index (χ0v) is 9.01. The Labute approximate surface area is 96.7 Å². The van der Waals surface area contributed by atoms with Gasteiger partial charge in [0, 0.05) is 17.3 Å². The number of alkyl halides is 1. The van der Waals surface area contributed by atoms with Gasteiger partial charge >= 0.3 is 0 Å². The van der Waals surface area contributed by atoms with E-state index in [9.17, 15) is 8.78 Å². The molecule has 0 atom stereocenters. The minimum Gasteiger partial charge on any atom is -0.227 e. The van der Waals surface area contributed by atoms with Gasteiger partial charge < -0.3 is 0 Å². The van der Waals surface area contributed by atoms with Gasteiger partial charge in [0.15, 0.2) is 0 Å². The quantitative estimate of drug-likeness (QED) is 0.574. The van der Waals surface area contributed by atoms with Crippen molar-refractivity contribution in [2.75, 3.05) is 0 Å². The molecule has 1 aromatic heterocycles. The molecule has 0 aliphatic rings. The lowest BCUT2D eigenvalue weighted by molar-refractivity contribution is 0.573. The van der Waals surface area contributed by atoms with Crippen LogP contribution in [0.2, 0.25) is 0 Å². The van der Waals surface area contributed by atoms with Gasteiger partial charge in [-0.05, 0) is 23.8 Å². The average molecular weight is 240 g/mol. The minimum absolute atomic E-state index is 0.0436. The lowest BCUT2D eigenvalue weighted by Gasteiger charge is -2.04. The molecular formula is C12H8ClF2N. The van der Waals surface area contributed by atoms with Gasteiger partial charge in [0.1, 0.15) is 5.82 Å². The van der Waals surface area contributed by atoms with Gasteiger partial charge in [0.2, 0.25) is 5.95 Å². The zero-order chi connectivity index (χ0) is 11.5. The van der Waals surface area contributed by atoms with Crippen LogP contribution in [0.25, 0.3) is 11.1 Å². The zero-order valence-electron chi connectivity index (χ0n) is 8.25. The second-order valence-corrected chi connectivity index (χ2v) is 3.59. The summed E-state index contributed by atoms with van der Waals surface area (Å²) in [5.41, 5.74) is 1.61. The molecule has 1 aromatic carbocycles. The molecule has 1 heterocycles. The van der Waals surface area contributed by atoms with Crippen LogP contribution in [0, 0.1) is 11.8 Å². The molecule has 0 saturated carbocycles. The molecule has 1 nitrogen and oxygen atoms in total. The molecule has 0 saturated heterocycles. The summed E-state index contributed by atoms with van der Waals surface area (Å²) in [6.45, 7) is 0.